The third-order valence-corrected chi connectivity index (χ3v) is 5.79. The molecule has 7 heteroatoms. The Labute approximate surface area is 188 Å². The van der Waals surface area contributed by atoms with Crippen molar-refractivity contribution in [1.82, 2.24) is 15.0 Å². The summed E-state index contributed by atoms with van der Waals surface area (Å²) in [5.41, 5.74) is 4.98. The fourth-order valence-corrected chi connectivity index (χ4v) is 3.69. The molecule has 1 N–H and O–H groups in total. The summed E-state index contributed by atoms with van der Waals surface area (Å²) in [6.07, 6.45) is 4.74. The molecule has 2 amide bonds. The van der Waals surface area contributed by atoms with Crippen molar-refractivity contribution in [2.45, 2.75) is 34.1 Å². The molecule has 2 aromatic heterocycles. The zero-order valence-electron chi connectivity index (χ0n) is 18.9. The Kier molecular flexibility index (Phi) is 6.25. The SMILES string of the molecule is Cc1ccc(Oc2cccc(C=C3CCN(C(=O)Nc4onc(C)c4C)CC3C)c2)cn1. The maximum atomic E-state index is 12.7. The van der Waals surface area contributed by atoms with Crippen LogP contribution in [0.3, 0.4) is 0 Å². The van der Waals surface area contributed by atoms with Crippen molar-refractivity contribution in [1.29, 1.82) is 0 Å². The number of likely N-dealkylation sites (tertiary alicyclic amines) is 1. The highest BCUT2D eigenvalue weighted by Crippen LogP contribution is 2.28. The second kappa shape index (κ2) is 9.26. The number of carbonyl (C=O) groups excluding carboxylic acids is 1. The smallest absolute Gasteiger partial charge is 0.324 e. The number of hydrogen-bond acceptors (Lipinski definition) is 5. The van der Waals surface area contributed by atoms with Crippen LogP contribution in [0.5, 0.6) is 11.5 Å². The van der Waals surface area contributed by atoms with Gasteiger partial charge in [0.2, 0.25) is 5.88 Å². The number of nitrogens with zero attached hydrogens (tertiary/aromatic N) is 3. The molecule has 0 radical (unpaired) electrons. The lowest BCUT2D eigenvalue weighted by Gasteiger charge is -2.33. The number of ether oxygens (including phenoxy) is 1. The first-order valence-corrected chi connectivity index (χ1v) is 10.8. The van der Waals surface area contributed by atoms with Crippen LogP contribution >= 0.6 is 0 Å². The second-order valence-electron chi connectivity index (χ2n) is 8.28. The fraction of sp³-hybridized carbons (Fsp3) is 0.320. The molecular weight excluding hydrogens is 404 g/mol. The Morgan fingerprint density at radius 2 is 2.06 bits per heavy atom. The lowest BCUT2D eigenvalue weighted by Crippen LogP contribution is -2.42. The molecule has 1 aliphatic heterocycles. The van der Waals surface area contributed by atoms with E-state index in [-0.39, 0.29) is 11.9 Å². The van der Waals surface area contributed by atoms with Crippen molar-refractivity contribution < 1.29 is 14.1 Å². The summed E-state index contributed by atoms with van der Waals surface area (Å²) in [4.78, 5) is 18.8. The third-order valence-electron chi connectivity index (χ3n) is 5.79. The van der Waals surface area contributed by atoms with Crippen LogP contribution in [0.25, 0.3) is 6.08 Å². The molecule has 1 aromatic carbocycles. The van der Waals surface area contributed by atoms with Gasteiger partial charge in [-0.3, -0.25) is 10.3 Å². The number of nitrogens with one attached hydrogen (secondary N) is 1. The summed E-state index contributed by atoms with van der Waals surface area (Å²) in [6, 6.07) is 11.7. The van der Waals surface area contributed by atoms with E-state index in [0.717, 1.165) is 34.7 Å². The van der Waals surface area contributed by atoms with Gasteiger partial charge in [0.15, 0.2) is 0 Å². The molecule has 7 nitrogen and oxygen atoms in total. The van der Waals surface area contributed by atoms with Crippen LogP contribution in [0.1, 0.15) is 35.9 Å². The minimum Gasteiger partial charge on any atom is -0.456 e. The van der Waals surface area contributed by atoms with Gasteiger partial charge in [-0.15, -0.1) is 0 Å². The second-order valence-corrected chi connectivity index (χ2v) is 8.28. The van der Waals surface area contributed by atoms with E-state index in [1.165, 1.54) is 5.57 Å². The van der Waals surface area contributed by atoms with Crippen molar-refractivity contribution in [3.63, 3.8) is 0 Å². The van der Waals surface area contributed by atoms with Crippen LogP contribution in [0, 0.1) is 26.7 Å². The van der Waals surface area contributed by atoms with Gasteiger partial charge in [-0.1, -0.05) is 35.9 Å². The van der Waals surface area contributed by atoms with Gasteiger partial charge in [-0.2, -0.15) is 0 Å². The molecule has 1 fully saturated rings. The number of pyridine rings is 1. The topological polar surface area (TPSA) is 80.5 Å². The van der Waals surface area contributed by atoms with Crippen molar-refractivity contribution in [2.24, 2.45) is 5.92 Å². The molecule has 3 aromatic rings. The van der Waals surface area contributed by atoms with Gasteiger partial charge >= 0.3 is 6.03 Å². The highest BCUT2D eigenvalue weighted by molar-refractivity contribution is 5.88. The zero-order chi connectivity index (χ0) is 22.7. The number of rotatable bonds is 4. The van der Waals surface area contributed by atoms with Crippen LogP contribution in [0.4, 0.5) is 10.7 Å². The maximum absolute atomic E-state index is 12.7. The van der Waals surface area contributed by atoms with Crippen molar-refractivity contribution in [3.05, 3.63) is 70.7 Å². The van der Waals surface area contributed by atoms with E-state index in [9.17, 15) is 4.79 Å². The van der Waals surface area contributed by atoms with Gasteiger partial charge in [-0.25, -0.2) is 4.79 Å². The van der Waals surface area contributed by atoms with Gasteiger partial charge in [-0.05, 0) is 62.9 Å². The number of amides is 2. The Morgan fingerprint density at radius 3 is 2.75 bits per heavy atom. The highest BCUT2D eigenvalue weighted by Gasteiger charge is 2.25. The fourth-order valence-electron chi connectivity index (χ4n) is 3.69. The number of hydrogen-bond donors (Lipinski definition) is 1. The Morgan fingerprint density at radius 1 is 1.22 bits per heavy atom. The molecule has 4 rings (SSSR count). The molecule has 0 saturated carbocycles. The summed E-state index contributed by atoms with van der Waals surface area (Å²) >= 11 is 0. The van der Waals surface area contributed by atoms with Crippen LogP contribution in [-0.4, -0.2) is 34.2 Å². The van der Waals surface area contributed by atoms with E-state index in [1.807, 2.05) is 56.0 Å². The van der Waals surface area contributed by atoms with E-state index in [1.54, 1.807) is 6.20 Å². The molecule has 1 unspecified atom stereocenters. The van der Waals surface area contributed by atoms with Gasteiger partial charge < -0.3 is 14.2 Å². The predicted octanol–water partition coefficient (Wildman–Crippen LogP) is 5.74. The average Bonchev–Trinajstić information content (AvgIpc) is 3.09. The lowest BCUT2D eigenvalue weighted by molar-refractivity contribution is 0.197. The summed E-state index contributed by atoms with van der Waals surface area (Å²) in [5.74, 6) is 2.15. The maximum Gasteiger partial charge on any atom is 0.324 e. The zero-order valence-corrected chi connectivity index (χ0v) is 18.9. The van der Waals surface area contributed by atoms with E-state index >= 15 is 0 Å². The quantitative estimate of drug-likeness (QED) is 0.568. The molecule has 3 heterocycles. The predicted molar refractivity (Wildman–Crippen MR) is 124 cm³/mol. The van der Waals surface area contributed by atoms with Crippen molar-refractivity contribution in [3.8, 4) is 11.5 Å². The number of piperidine rings is 1. The number of anilines is 1. The number of urea groups is 1. The molecule has 1 aliphatic rings. The summed E-state index contributed by atoms with van der Waals surface area (Å²) in [7, 11) is 0. The number of aryl methyl sites for hydroxylation is 2. The summed E-state index contributed by atoms with van der Waals surface area (Å²) in [6.45, 7) is 9.13. The number of carbonyl (C=O) groups is 1. The molecule has 0 bridgehead atoms. The molecule has 1 atom stereocenters. The minimum atomic E-state index is -0.155. The van der Waals surface area contributed by atoms with E-state index in [2.05, 4.69) is 34.5 Å². The minimum absolute atomic E-state index is 0.155. The molecule has 0 aliphatic carbocycles. The van der Waals surface area contributed by atoms with Gasteiger partial charge in [0.25, 0.3) is 0 Å². The van der Waals surface area contributed by atoms with E-state index in [0.29, 0.717) is 24.7 Å². The first kappa shape index (κ1) is 21.6. The van der Waals surface area contributed by atoms with Crippen molar-refractivity contribution >= 4 is 18.0 Å². The molecule has 32 heavy (non-hydrogen) atoms. The van der Waals surface area contributed by atoms with E-state index < -0.39 is 0 Å². The van der Waals surface area contributed by atoms with Crippen LogP contribution < -0.4 is 10.1 Å². The van der Waals surface area contributed by atoms with Gasteiger partial charge in [0.1, 0.15) is 11.5 Å². The van der Waals surface area contributed by atoms with Crippen LogP contribution in [0.15, 0.2) is 52.7 Å². The number of benzene rings is 1. The largest absolute Gasteiger partial charge is 0.456 e. The Bertz CT molecular complexity index is 1130. The lowest BCUT2D eigenvalue weighted by atomic mass is 9.91. The first-order chi connectivity index (χ1) is 15.4. The van der Waals surface area contributed by atoms with Crippen LogP contribution in [0.2, 0.25) is 0 Å². The average molecular weight is 433 g/mol. The monoisotopic (exact) mass is 432 g/mol. The first-order valence-electron chi connectivity index (χ1n) is 10.8. The number of aromatic nitrogens is 2. The van der Waals surface area contributed by atoms with Gasteiger partial charge in [0, 0.05) is 24.3 Å². The summed E-state index contributed by atoms with van der Waals surface area (Å²) in [5, 5.41) is 6.73. The normalized spacial score (nSPS) is 17.4. The van der Waals surface area contributed by atoms with E-state index in [4.69, 9.17) is 9.26 Å². The summed E-state index contributed by atoms with van der Waals surface area (Å²) < 4.78 is 11.1. The molecule has 1 saturated heterocycles. The molecular formula is C25H28N4O3. The van der Waals surface area contributed by atoms with Gasteiger partial charge in [0.05, 0.1) is 11.9 Å². The standard InChI is InChI=1S/C25H28N4O3/c1-16-15-29(25(30)27-24-18(3)19(4)28-32-24)11-10-21(16)12-20-6-5-7-22(13-20)31-23-9-8-17(2)26-14-23/h5-9,12-14,16H,10-11,15H2,1-4H3,(H,27,30). The van der Waals surface area contributed by atoms with Crippen molar-refractivity contribution in [2.75, 3.05) is 18.4 Å². The third kappa shape index (κ3) is 4.99. The molecule has 166 valence electrons. The Balaban J connectivity index is 1.40. The van der Waals surface area contributed by atoms with Crippen LogP contribution in [-0.2, 0) is 0 Å². The molecule has 0 spiro atoms. The Hall–Kier alpha value is -3.61. The highest BCUT2D eigenvalue weighted by atomic mass is 16.5.